The lowest BCUT2D eigenvalue weighted by atomic mass is 10.0. The van der Waals surface area contributed by atoms with Crippen LogP contribution in [0.25, 0.3) is 11.4 Å². The van der Waals surface area contributed by atoms with E-state index in [9.17, 15) is 9.90 Å². The molecule has 1 atom stereocenters. The van der Waals surface area contributed by atoms with Crippen LogP contribution >= 0.6 is 0 Å². The van der Waals surface area contributed by atoms with E-state index in [-0.39, 0.29) is 11.4 Å². The quantitative estimate of drug-likeness (QED) is 0.274. The number of ether oxygens (including phenoxy) is 1. The van der Waals surface area contributed by atoms with Gasteiger partial charge in [0.05, 0.1) is 12.2 Å². The van der Waals surface area contributed by atoms with Gasteiger partial charge in [-0.25, -0.2) is 0 Å². The van der Waals surface area contributed by atoms with Crippen LogP contribution in [0.4, 0.5) is 0 Å². The van der Waals surface area contributed by atoms with Gasteiger partial charge in [0.25, 0.3) is 5.56 Å². The molecule has 5 nitrogen and oxygen atoms in total. The molecule has 0 aliphatic carbocycles. The van der Waals surface area contributed by atoms with Gasteiger partial charge in [-0.15, -0.1) is 0 Å². The van der Waals surface area contributed by atoms with Crippen molar-refractivity contribution in [1.82, 2.24) is 9.97 Å². The highest BCUT2D eigenvalue weighted by molar-refractivity contribution is 5.56. The van der Waals surface area contributed by atoms with E-state index in [2.05, 4.69) is 30.7 Å². The molecule has 32 heavy (non-hydrogen) atoms. The van der Waals surface area contributed by atoms with E-state index < -0.39 is 0 Å². The Labute approximate surface area is 193 Å². The normalized spacial score (nSPS) is 12.1. The molecule has 1 aromatic carbocycles. The number of aromatic hydroxyl groups is 1. The van der Waals surface area contributed by atoms with Gasteiger partial charge in [-0.05, 0) is 49.4 Å². The summed E-state index contributed by atoms with van der Waals surface area (Å²) in [6.07, 6.45) is 13.5. The van der Waals surface area contributed by atoms with E-state index in [1.807, 2.05) is 24.3 Å². The Morgan fingerprint density at radius 1 is 0.969 bits per heavy atom. The largest absolute Gasteiger partial charge is 0.494 e. The molecule has 0 amide bonds. The first-order valence-corrected chi connectivity index (χ1v) is 12.6. The molecule has 2 rings (SSSR count). The SMILES string of the molecule is CCCCCCCCc1c(O)nc(-c2ccc(OCCCCCC(C)CC)cc2)[nH]c1=O. The zero-order chi connectivity index (χ0) is 23.2. The first-order valence-electron chi connectivity index (χ1n) is 12.6. The summed E-state index contributed by atoms with van der Waals surface area (Å²) in [6, 6.07) is 7.50. The van der Waals surface area contributed by atoms with Crippen LogP contribution in [0, 0.1) is 5.92 Å². The van der Waals surface area contributed by atoms with E-state index in [0.29, 0.717) is 24.4 Å². The second-order valence-corrected chi connectivity index (χ2v) is 8.97. The second-order valence-electron chi connectivity index (χ2n) is 8.97. The molecule has 178 valence electrons. The molecule has 1 heterocycles. The molecule has 2 N–H and O–H groups in total. The van der Waals surface area contributed by atoms with Crippen LogP contribution in [-0.2, 0) is 6.42 Å². The number of aromatic nitrogens is 2. The zero-order valence-corrected chi connectivity index (χ0v) is 20.3. The molecule has 0 bridgehead atoms. The molecule has 1 unspecified atom stereocenters. The number of unbranched alkanes of at least 4 members (excludes halogenated alkanes) is 7. The van der Waals surface area contributed by atoms with Gasteiger partial charge in [-0.2, -0.15) is 4.98 Å². The Bertz CT molecular complexity index is 830. The van der Waals surface area contributed by atoms with Crippen molar-refractivity contribution in [3.05, 3.63) is 40.2 Å². The highest BCUT2D eigenvalue weighted by Gasteiger charge is 2.12. The molecular formula is C27H42N2O3. The maximum atomic E-state index is 12.5. The van der Waals surface area contributed by atoms with Crippen molar-refractivity contribution >= 4 is 0 Å². The standard InChI is InChI=1S/C27H42N2O3/c1-4-6-7-8-9-12-15-24-26(30)28-25(29-27(24)31)22-16-18-23(19-17-22)32-20-13-10-11-14-21(3)5-2/h16-19,21H,4-15,20H2,1-3H3,(H2,28,29,30,31). The fourth-order valence-corrected chi connectivity index (χ4v) is 3.80. The highest BCUT2D eigenvalue weighted by Crippen LogP contribution is 2.22. The Hall–Kier alpha value is -2.30. The molecule has 0 spiro atoms. The number of benzene rings is 1. The summed E-state index contributed by atoms with van der Waals surface area (Å²) in [6.45, 7) is 7.46. The van der Waals surface area contributed by atoms with Gasteiger partial charge >= 0.3 is 0 Å². The summed E-state index contributed by atoms with van der Waals surface area (Å²) in [5, 5.41) is 10.3. The van der Waals surface area contributed by atoms with Crippen molar-refractivity contribution in [2.24, 2.45) is 5.92 Å². The van der Waals surface area contributed by atoms with Crippen LogP contribution in [0.3, 0.4) is 0 Å². The van der Waals surface area contributed by atoms with E-state index >= 15 is 0 Å². The molecule has 0 saturated heterocycles. The van der Waals surface area contributed by atoms with Gasteiger partial charge in [0.2, 0.25) is 5.88 Å². The molecule has 5 heteroatoms. The third-order valence-corrected chi connectivity index (χ3v) is 6.21. The van der Waals surface area contributed by atoms with E-state index in [4.69, 9.17) is 4.74 Å². The summed E-state index contributed by atoms with van der Waals surface area (Å²) >= 11 is 0. The Balaban J connectivity index is 1.82. The van der Waals surface area contributed by atoms with Crippen LogP contribution in [0.2, 0.25) is 0 Å². The summed E-state index contributed by atoms with van der Waals surface area (Å²) in [5.41, 5.74) is 0.890. The van der Waals surface area contributed by atoms with Gasteiger partial charge < -0.3 is 14.8 Å². The van der Waals surface area contributed by atoms with Crippen molar-refractivity contribution in [1.29, 1.82) is 0 Å². The number of H-pyrrole nitrogens is 1. The smallest absolute Gasteiger partial charge is 0.258 e. The molecular weight excluding hydrogens is 400 g/mol. The molecule has 1 aromatic heterocycles. The van der Waals surface area contributed by atoms with Crippen molar-refractivity contribution < 1.29 is 9.84 Å². The number of nitrogens with zero attached hydrogens (tertiary/aromatic N) is 1. The molecule has 0 aliphatic rings. The number of nitrogens with one attached hydrogen (secondary N) is 1. The molecule has 0 saturated carbocycles. The summed E-state index contributed by atoms with van der Waals surface area (Å²) in [5.74, 6) is 1.85. The third kappa shape index (κ3) is 9.05. The van der Waals surface area contributed by atoms with Gasteiger partial charge in [0, 0.05) is 5.56 Å². The lowest BCUT2D eigenvalue weighted by Gasteiger charge is -2.09. The Morgan fingerprint density at radius 3 is 2.34 bits per heavy atom. The predicted molar refractivity (Wildman–Crippen MR) is 132 cm³/mol. The number of hydrogen-bond acceptors (Lipinski definition) is 4. The Kier molecular flexibility index (Phi) is 11.9. The minimum atomic E-state index is -0.251. The summed E-state index contributed by atoms with van der Waals surface area (Å²) in [7, 11) is 0. The maximum Gasteiger partial charge on any atom is 0.258 e. The number of hydrogen-bond donors (Lipinski definition) is 2. The second kappa shape index (κ2) is 14.7. The van der Waals surface area contributed by atoms with Gasteiger partial charge in [0.1, 0.15) is 11.6 Å². The molecule has 0 fully saturated rings. The highest BCUT2D eigenvalue weighted by atomic mass is 16.5. The topological polar surface area (TPSA) is 75.2 Å². The fourth-order valence-electron chi connectivity index (χ4n) is 3.80. The summed E-state index contributed by atoms with van der Waals surface area (Å²) in [4.78, 5) is 19.5. The molecule has 0 radical (unpaired) electrons. The zero-order valence-electron chi connectivity index (χ0n) is 20.3. The minimum Gasteiger partial charge on any atom is -0.494 e. The van der Waals surface area contributed by atoms with Crippen molar-refractivity contribution in [2.75, 3.05) is 6.61 Å². The van der Waals surface area contributed by atoms with Gasteiger partial charge in [-0.3, -0.25) is 4.79 Å². The van der Waals surface area contributed by atoms with E-state index in [0.717, 1.165) is 36.5 Å². The average molecular weight is 443 g/mol. The van der Waals surface area contributed by atoms with Crippen molar-refractivity contribution in [2.45, 2.75) is 97.8 Å². The molecule has 2 aromatic rings. The van der Waals surface area contributed by atoms with Crippen LogP contribution in [0.1, 0.15) is 97.0 Å². The van der Waals surface area contributed by atoms with Crippen molar-refractivity contribution in [3.8, 4) is 23.0 Å². The maximum absolute atomic E-state index is 12.5. The minimum absolute atomic E-state index is 0.157. The predicted octanol–water partition coefficient (Wildman–Crippen LogP) is 7.03. The van der Waals surface area contributed by atoms with Crippen LogP contribution in [0.15, 0.2) is 29.1 Å². The van der Waals surface area contributed by atoms with E-state index in [1.54, 1.807) is 0 Å². The van der Waals surface area contributed by atoms with Crippen LogP contribution in [0.5, 0.6) is 11.6 Å². The Morgan fingerprint density at radius 2 is 1.66 bits per heavy atom. The first-order chi connectivity index (χ1) is 15.5. The molecule has 0 aliphatic heterocycles. The fraction of sp³-hybridized carbons (Fsp3) is 0.630. The van der Waals surface area contributed by atoms with Crippen LogP contribution in [-0.4, -0.2) is 21.7 Å². The van der Waals surface area contributed by atoms with Crippen LogP contribution < -0.4 is 10.3 Å². The lowest BCUT2D eigenvalue weighted by Crippen LogP contribution is -2.15. The third-order valence-electron chi connectivity index (χ3n) is 6.21. The average Bonchev–Trinajstić information content (AvgIpc) is 2.80. The number of aromatic amines is 1. The van der Waals surface area contributed by atoms with E-state index in [1.165, 1.54) is 51.4 Å². The number of rotatable bonds is 16. The first kappa shape index (κ1) is 26.0. The summed E-state index contributed by atoms with van der Waals surface area (Å²) < 4.78 is 5.83. The van der Waals surface area contributed by atoms with Gasteiger partial charge in [0.15, 0.2) is 0 Å². The monoisotopic (exact) mass is 442 g/mol. The van der Waals surface area contributed by atoms with Crippen molar-refractivity contribution in [3.63, 3.8) is 0 Å². The lowest BCUT2D eigenvalue weighted by molar-refractivity contribution is 0.302. The van der Waals surface area contributed by atoms with Gasteiger partial charge in [-0.1, -0.05) is 78.6 Å².